The van der Waals surface area contributed by atoms with Gasteiger partial charge in [0.05, 0.1) is 13.0 Å². The van der Waals surface area contributed by atoms with E-state index in [0.717, 1.165) is 18.4 Å². The number of halogens is 1. The van der Waals surface area contributed by atoms with Gasteiger partial charge in [0.2, 0.25) is 0 Å². The van der Waals surface area contributed by atoms with Crippen LogP contribution in [0.1, 0.15) is 30.4 Å². The van der Waals surface area contributed by atoms with Gasteiger partial charge in [0, 0.05) is 12.6 Å². The van der Waals surface area contributed by atoms with Gasteiger partial charge in [0.1, 0.15) is 5.82 Å². The Hall–Kier alpha value is -1.42. The third-order valence-electron chi connectivity index (χ3n) is 5.15. The molecule has 2 aliphatic rings. The van der Waals surface area contributed by atoms with Crippen molar-refractivity contribution >= 4 is 5.97 Å². The number of benzene rings is 1. The summed E-state index contributed by atoms with van der Waals surface area (Å²) in [5.41, 5.74) is 1.71. The van der Waals surface area contributed by atoms with Crippen LogP contribution in [0.2, 0.25) is 0 Å². The summed E-state index contributed by atoms with van der Waals surface area (Å²) in [6.07, 6.45) is 3.45. The molecule has 0 aromatic heterocycles. The fraction of sp³-hybridized carbons (Fsp3) is 0.588. The predicted octanol–water partition coefficient (Wildman–Crippen LogP) is 2.81. The second kappa shape index (κ2) is 5.76. The topological polar surface area (TPSA) is 38.3 Å². The van der Waals surface area contributed by atoms with Gasteiger partial charge in [0.15, 0.2) is 0 Å². The summed E-state index contributed by atoms with van der Waals surface area (Å²) >= 11 is 0. The molecule has 2 bridgehead atoms. The summed E-state index contributed by atoms with van der Waals surface area (Å²) in [4.78, 5) is 12.0. The Bertz CT molecular complexity index is 546. The maximum absolute atomic E-state index is 13.3. The van der Waals surface area contributed by atoms with E-state index in [1.54, 1.807) is 13.0 Å². The molecule has 4 heteroatoms. The molecule has 1 N–H and O–H groups in total. The van der Waals surface area contributed by atoms with E-state index in [4.69, 9.17) is 4.74 Å². The monoisotopic (exact) mass is 291 g/mol. The van der Waals surface area contributed by atoms with Crippen molar-refractivity contribution < 1.29 is 13.9 Å². The number of methoxy groups -OCH3 is 1. The lowest BCUT2D eigenvalue weighted by Crippen LogP contribution is -2.44. The largest absolute Gasteiger partial charge is 0.469 e. The molecule has 3 rings (SSSR count). The Morgan fingerprint density at radius 1 is 1.38 bits per heavy atom. The van der Waals surface area contributed by atoms with E-state index < -0.39 is 0 Å². The number of aryl methyl sites for hydroxylation is 1. The number of carbonyl (C=O) groups excluding carboxylic acids is 1. The first-order valence-corrected chi connectivity index (χ1v) is 7.66. The molecule has 2 saturated carbocycles. The minimum atomic E-state index is -0.175. The number of hydrogen-bond donors (Lipinski definition) is 1. The van der Waals surface area contributed by atoms with Crippen molar-refractivity contribution in [3.05, 3.63) is 35.1 Å². The highest BCUT2D eigenvalue weighted by Gasteiger charge is 2.51. The van der Waals surface area contributed by atoms with Gasteiger partial charge in [-0.1, -0.05) is 12.1 Å². The quantitative estimate of drug-likeness (QED) is 0.867. The van der Waals surface area contributed by atoms with Crippen LogP contribution in [0.25, 0.3) is 0 Å². The molecule has 21 heavy (non-hydrogen) atoms. The lowest BCUT2D eigenvalue weighted by atomic mass is 9.84. The molecule has 0 amide bonds. The van der Waals surface area contributed by atoms with Crippen molar-refractivity contribution in [2.45, 2.75) is 38.8 Å². The number of rotatable bonds is 4. The van der Waals surface area contributed by atoms with Crippen molar-refractivity contribution in [2.24, 2.45) is 17.8 Å². The molecular weight excluding hydrogens is 269 g/mol. The molecule has 0 aliphatic heterocycles. The highest BCUT2D eigenvalue weighted by atomic mass is 19.1. The standard InChI is InChI=1S/C17H22FNO2/c1-10-7-11(3-6-14(10)18)9-19-16-13-5-4-12(8-13)15(16)17(20)21-2/h3,6-7,12-13,15-16,19H,4-5,8-9H2,1-2H3/t12-,13+,15?,16?/m1/s1. The van der Waals surface area contributed by atoms with Gasteiger partial charge in [-0.2, -0.15) is 0 Å². The fourth-order valence-corrected chi connectivity index (χ4v) is 4.11. The summed E-state index contributed by atoms with van der Waals surface area (Å²) in [6, 6.07) is 5.37. The predicted molar refractivity (Wildman–Crippen MR) is 78.1 cm³/mol. The normalized spacial score (nSPS) is 30.6. The van der Waals surface area contributed by atoms with Crippen LogP contribution in [0.4, 0.5) is 4.39 Å². The third-order valence-corrected chi connectivity index (χ3v) is 5.15. The molecule has 0 radical (unpaired) electrons. The van der Waals surface area contributed by atoms with Crippen LogP contribution in [0, 0.1) is 30.5 Å². The SMILES string of the molecule is COC(=O)C1C(NCc2ccc(F)c(C)c2)[C@H]2CC[C@@H]1C2. The molecule has 0 saturated heterocycles. The number of ether oxygens (including phenoxy) is 1. The molecule has 0 spiro atoms. The Morgan fingerprint density at radius 3 is 2.86 bits per heavy atom. The number of fused-ring (bicyclic) bond motifs is 2. The van der Waals surface area contributed by atoms with Gasteiger partial charge < -0.3 is 10.1 Å². The minimum Gasteiger partial charge on any atom is -0.469 e. The number of nitrogens with one attached hydrogen (secondary N) is 1. The minimum absolute atomic E-state index is 0.0182. The number of carbonyl (C=O) groups is 1. The van der Waals surface area contributed by atoms with Crippen molar-refractivity contribution in [3.63, 3.8) is 0 Å². The summed E-state index contributed by atoms with van der Waals surface area (Å²) in [5, 5.41) is 3.52. The molecule has 4 atom stereocenters. The Kier molecular flexibility index (Phi) is 3.98. The van der Waals surface area contributed by atoms with Crippen LogP contribution in [0.5, 0.6) is 0 Å². The van der Waals surface area contributed by atoms with Crippen LogP contribution in [0.15, 0.2) is 18.2 Å². The molecule has 2 aliphatic carbocycles. The van der Waals surface area contributed by atoms with Gasteiger partial charge in [-0.05, 0) is 55.2 Å². The summed E-state index contributed by atoms with van der Waals surface area (Å²) < 4.78 is 18.3. The van der Waals surface area contributed by atoms with Crippen molar-refractivity contribution in [1.82, 2.24) is 5.32 Å². The molecule has 3 nitrogen and oxygen atoms in total. The molecule has 1 aromatic carbocycles. The van der Waals surface area contributed by atoms with Crippen LogP contribution in [-0.4, -0.2) is 19.1 Å². The van der Waals surface area contributed by atoms with Gasteiger partial charge >= 0.3 is 5.97 Å². The first-order valence-electron chi connectivity index (χ1n) is 7.66. The van der Waals surface area contributed by atoms with E-state index in [1.165, 1.54) is 19.6 Å². The molecule has 0 heterocycles. The average molecular weight is 291 g/mol. The van der Waals surface area contributed by atoms with Gasteiger partial charge in [0.25, 0.3) is 0 Å². The van der Waals surface area contributed by atoms with E-state index in [0.29, 0.717) is 23.9 Å². The van der Waals surface area contributed by atoms with Crippen molar-refractivity contribution in [1.29, 1.82) is 0 Å². The molecule has 2 fully saturated rings. The van der Waals surface area contributed by atoms with Gasteiger partial charge in [-0.25, -0.2) is 4.39 Å². The number of hydrogen-bond acceptors (Lipinski definition) is 3. The van der Waals surface area contributed by atoms with E-state index in [-0.39, 0.29) is 23.7 Å². The van der Waals surface area contributed by atoms with E-state index >= 15 is 0 Å². The Morgan fingerprint density at radius 2 is 2.14 bits per heavy atom. The maximum atomic E-state index is 13.3. The second-order valence-electron chi connectivity index (χ2n) is 6.37. The summed E-state index contributed by atoms with van der Waals surface area (Å²) in [6.45, 7) is 2.44. The first-order chi connectivity index (χ1) is 10.1. The fourth-order valence-electron chi connectivity index (χ4n) is 4.11. The first kappa shape index (κ1) is 14.5. The molecule has 2 unspecified atom stereocenters. The zero-order chi connectivity index (χ0) is 15.0. The second-order valence-corrected chi connectivity index (χ2v) is 6.37. The third kappa shape index (κ3) is 2.69. The van der Waals surface area contributed by atoms with Crippen LogP contribution >= 0.6 is 0 Å². The van der Waals surface area contributed by atoms with Crippen LogP contribution in [0.3, 0.4) is 0 Å². The number of esters is 1. The molecule has 114 valence electrons. The Labute approximate surface area is 124 Å². The van der Waals surface area contributed by atoms with Crippen LogP contribution in [-0.2, 0) is 16.1 Å². The smallest absolute Gasteiger partial charge is 0.310 e. The van der Waals surface area contributed by atoms with Gasteiger partial charge in [-0.3, -0.25) is 4.79 Å². The lowest BCUT2D eigenvalue weighted by molar-refractivity contribution is -0.148. The maximum Gasteiger partial charge on any atom is 0.310 e. The summed E-state index contributed by atoms with van der Waals surface area (Å²) in [5.74, 6) is 0.756. The van der Waals surface area contributed by atoms with E-state index in [1.807, 2.05) is 6.07 Å². The zero-order valence-corrected chi connectivity index (χ0v) is 12.6. The highest BCUT2D eigenvalue weighted by Crippen LogP contribution is 2.49. The van der Waals surface area contributed by atoms with Crippen molar-refractivity contribution in [3.8, 4) is 0 Å². The zero-order valence-electron chi connectivity index (χ0n) is 12.6. The summed E-state index contributed by atoms with van der Waals surface area (Å²) in [7, 11) is 1.47. The van der Waals surface area contributed by atoms with Crippen LogP contribution < -0.4 is 5.32 Å². The highest BCUT2D eigenvalue weighted by molar-refractivity contribution is 5.74. The lowest BCUT2D eigenvalue weighted by Gasteiger charge is -2.30. The molecular formula is C17H22FNO2. The van der Waals surface area contributed by atoms with E-state index in [9.17, 15) is 9.18 Å². The molecule has 1 aromatic rings. The van der Waals surface area contributed by atoms with E-state index in [2.05, 4.69) is 5.32 Å². The van der Waals surface area contributed by atoms with Gasteiger partial charge in [-0.15, -0.1) is 0 Å². The van der Waals surface area contributed by atoms with Crippen molar-refractivity contribution in [2.75, 3.05) is 7.11 Å². The Balaban J connectivity index is 1.68. The average Bonchev–Trinajstić information content (AvgIpc) is 3.08.